The van der Waals surface area contributed by atoms with Crippen LogP contribution in [0.2, 0.25) is 0 Å². The Labute approximate surface area is 101 Å². The Balaban J connectivity index is 3.16. The van der Waals surface area contributed by atoms with Crippen LogP contribution in [0.4, 0.5) is 0 Å². The predicted octanol–water partition coefficient (Wildman–Crippen LogP) is 0.868. The van der Waals surface area contributed by atoms with Crippen molar-refractivity contribution in [1.29, 1.82) is 0 Å². The van der Waals surface area contributed by atoms with E-state index in [2.05, 4.69) is 9.72 Å². The molecule has 1 unspecified atom stereocenters. The first-order valence-corrected chi connectivity index (χ1v) is 5.28. The number of hydrogen-bond acceptors (Lipinski definition) is 5. The van der Waals surface area contributed by atoms with Gasteiger partial charge in [0.25, 0.3) is 0 Å². The minimum absolute atomic E-state index is 0.457. The van der Waals surface area contributed by atoms with Gasteiger partial charge in [-0.3, -0.25) is 4.79 Å². The molecule has 0 fully saturated rings. The lowest BCUT2D eigenvalue weighted by Gasteiger charge is -2.30. The van der Waals surface area contributed by atoms with E-state index >= 15 is 0 Å². The van der Waals surface area contributed by atoms with Crippen LogP contribution in [-0.4, -0.2) is 31.2 Å². The third kappa shape index (κ3) is 2.55. The van der Waals surface area contributed by atoms with Crippen LogP contribution in [0.25, 0.3) is 0 Å². The van der Waals surface area contributed by atoms with Gasteiger partial charge in [-0.1, -0.05) is 19.9 Å². The van der Waals surface area contributed by atoms with Crippen molar-refractivity contribution in [1.82, 2.24) is 4.98 Å². The third-order valence-corrected chi connectivity index (χ3v) is 2.89. The van der Waals surface area contributed by atoms with E-state index in [0.29, 0.717) is 5.88 Å². The molecule has 1 rings (SSSR count). The topological polar surface area (TPSA) is 74.4 Å². The maximum absolute atomic E-state index is 11.5. The van der Waals surface area contributed by atoms with Gasteiger partial charge in [-0.05, 0) is 6.07 Å². The summed E-state index contributed by atoms with van der Waals surface area (Å²) in [4.78, 5) is 15.6. The highest BCUT2D eigenvalue weighted by Gasteiger charge is 2.37. The molecule has 0 aliphatic carbocycles. The maximum Gasteiger partial charge on any atom is 0.323 e. The molecule has 1 aromatic rings. The smallest absolute Gasteiger partial charge is 0.323 e. The van der Waals surface area contributed by atoms with Crippen LogP contribution in [0, 0.1) is 0 Å². The highest BCUT2D eigenvalue weighted by Crippen LogP contribution is 2.32. The second-order valence-electron chi connectivity index (χ2n) is 4.28. The molecule has 5 nitrogen and oxygen atoms in total. The number of nitrogens with two attached hydrogens (primary N) is 1. The molecular weight excluding hydrogens is 220 g/mol. The van der Waals surface area contributed by atoms with Crippen LogP contribution in [0.5, 0.6) is 5.88 Å². The van der Waals surface area contributed by atoms with E-state index in [1.54, 1.807) is 12.3 Å². The number of methoxy groups -OCH3 is 2. The Morgan fingerprint density at radius 2 is 2.12 bits per heavy atom. The van der Waals surface area contributed by atoms with Gasteiger partial charge in [0.15, 0.2) is 0 Å². The minimum Gasteiger partial charge on any atom is -0.481 e. The number of esters is 1. The molecule has 1 aromatic heterocycles. The van der Waals surface area contributed by atoms with Crippen molar-refractivity contribution >= 4 is 5.97 Å². The van der Waals surface area contributed by atoms with Crippen LogP contribution in [0.1, 0.15) is 19.4 Å². The van der Waals surface area contributed by atoms with Gasteiger partial charge in [0.05, 0.1) is 14.2 Å². The molecule has 0 aliphatic heterocycles. The molecule has 5 heteroatoms. The molecule has 1 atom stereocenters. The molecule has 2 N–H and O–H groups in total. The van der Waals surface area contributed by atoms with Gasteiger partial charge in [-0.25, -0.2) is 4.98 Å². The number of hydrogen-bond donors (Lipinski definition) is 1. The van der Waals surface area contributed by atoms with Gasteiger partial charge >= 0.3 is 5.97 Å². The normalized spacial score (nSPS) is 13.0. The van der Waals surface area contributed by atoms with Crippen molar-refractivity contribution in [3.63, 3.8) is 0 Å². The number of aromatic nitrogens is 1. The minimum atomic E-state index is -0.773. The molecule has 94 valence electrons. The van der Waals surface area contributed by atoms with E-state index < -0.39 is 17.4 Å². The number of rotatable bonds is 4. The van der Waals surface area contributed by atoms with Crippen molar-refractivity contribution in [3.8, 4) is 5.88 Å². The summed E-state index contributed by atoms with van der Waals surface area (Å²) >= 11 is 0. The molecule has 0 saturated heterocycles. The van der Waals surface area contributed by atoms with E-state index in [0.717, 1.165) is 5.56 Å². The maximum atomic E-state index is 11.5. The Morgan fingerprint density at radius 1 is 1.47 bits per heavy atom. The zero-order chi connectivity index (χ0) is 13.1. The van der Waals surface area contributed by atoms with Gasteiger partial charge in [-0.2, -0.15) is 0 Å². The molecule has 0 radical (unpaired) electrons. The largest absolute Gasteiger partial charge is 0.481 e. The highest BCUT2D eigenvalue weighted by atomic mass is 16.5. The lowest BCUT2D eigenvalue weighted by atomic mass is 9.78. The summed E-state index contributed by atoms with van der Waals surface area (Å²) in [7, 11) is 2.85. The summed E-state index contributed by atoms with van der Waals surface area (Å²) in [5.41, 5.74) is 6.06. The molecule has 0 aliphatic rings. The fourth-order valence-electron chi connectivity index (χ4n) is 1.63. The van der Waals surface area contributed by atoms with Crippen LogP contribution in [-0.2, 0) is 14.9 Å². The second kappa shape index (κ2) is 5.14. The SMILES string of the molecule is COC(=O)C(N)C(C)(C)c1cccnc1OC. The van der Waals surface area contributed by atoms with Crippen molar-refractivity contribution in [2.45, 2.75) is 25.3 Å². The van der Waals surface area contributed by atoms with Crippen molar-refractivity contribution in [2.75, 3.05) is 14.2 Å². The zero-order valence-corrected chi connectivity index (χ0v) is 10.6. The summed E-state index contributed by atoms with van der Waals surface area (Å²) in [6.07, 6.45) is 1.63. The monoisotopic (exact) mass is 238 g/mol. The summed E-state index contributed by atoms with van der Waals surface area (Å²) in [6.45, 7) is 3.71. The Hall–Kier alpha value is -1.62. The highest BCUT2D eigenvalue weighted by molar-refractivity contribution is 5.77. The number of carbonyl (C=O) groups is 1. The average Bonchev–Trinajstić information content (AvgIpc) is 2.36. The number of pyridine rings is 1. The lowest BCUT2D eigenvalue weighted by Crippen LogP contribution is -2.47. The first-order valence-electron chi connectivity index (χ1n) is 5.28. The molecule has 17 heavy (non-hydrogen) atoms. The second-order valence-corrected chi connectivity index (χ2v) is 4.28. The van der Waals surface area contributed by atoms with Crippen LogP contribution in [0.15, 0.2) is 18.3 Å². The summed E-state index contributed by atoms with van der Waals surface area (Å²) in [5.74, 6) is 0.0118. The van der Waals surface area contributed by atoms with Gasteiger partial charge in [0.1, 0.15) is 6.04 Å². The van der Waals surface area contributed by atoms with Crippen LogP contribution >= 0.6 is 0 Å². The van der Waals surface area contributed by atoms with E-state index in [1.807, 2.05) is 19.9 Å². The molecule has 0 spiro atoms. The average molecular weight is 238 g/mol. The first-order chi connectivity index (χ1) is 7.95. The standard InChI is InChI=1S/C12H18N2O3/c1-12(2,9(13)11(15)17-4)8-6-5-7-14-10(8)16-3/h5-7,9H,13H2,1-4H3. The molecule has 1 heterocycles. The number of carbonyl (C=O) groups excluding carboxylic acids is 1. The van der Waals surface area contributed by atoms with E-state index in [1.165, 1.54) is 14.2 Å². The third-order valence-electron chi connectivity index (χ3n) is 2.89. The summed E-state index contributed by atoms with van der Waals surface area (Å²) in [6, 6.07) is 2.85. The first kappa shape index (κ1) is 13.4. The Morgan fingerprint density at radius 3 is 2.65 bits per heavy atom. The molecule has 0 bridgehead atoms. The molecule has 0 amide bonds. The molecule has 0 aromatic carbocycles. The van der Waals surface area contributed by atoms with Gasteiger partial charge < -0.3 is 15.2 Å². The van der Waals surface area contributed by atoms with Crippen LogP contribution in [0.3, 0.4) is 0 Å². The predicted molar refractivity (Wildman–Crippen MR) is 63.8 cm³/mol. The van der Waals surface area contributed by atoms with Gasteiger partial charge in [0.2, 0.25) is 5.88 Å². The Bertz CT molecular complexity index is 404. The van der Waals surface area contributed by atoms with Gasteiger partial charge in [-0.15, -0.1) is 0 Å². The van der Waals surface area contributed by atoms with Crippen molar-refractivity contribution < 1.29 is 14.3 Å². The van der Waals surface area contributed by atoms with Crippen LogP contribution < -0.4 is 10.5 Å². The van der Waals surface area contributed by atoms with E-state index in [4.69, 9.17) is 10.5 Å². The fourth-order valence-corrected chi connectivity index (χ4v) is 1.63. The fraction of sp³-hybridized carbons (Fsp3) is 0.500. The summed E-state index contributed by atoms with van der Waals surface area (Å²) < 4.78 is 9.84. The lowest BCUT2D eigenvalue weighted by molar-refractivity contribution is -0.143. The summed E-state index contributed by atoms with van der Waals surface area (Å²) in [5, 5.41) is 0. The van der Waals surface area contributed by atoms with E-state index in [9.17, 15) is 4.79 Å². The quantitative estimate of drug-likeness (QED) is 0.788. The zero-order valence-electron chi connectivity index (χ0n) is 10.6. The Kier molecular flexibility index (Phi) is 4.07. The number of ether oxygens (including phenoxy) is 2. The van der Waals surface area contributed by atoms with Gasteiger partial charge in [0, 0.05) is 17.2 Å². The number of nitrogens with zero attached hydrogens (tertiary/aromatic N) is 1. The van der Waals surface area contributed by atoms with Crippen molar-refractivity contribution in [2.24, 2.45) is 5.73 Å². The van der Waals surface area contributed by atoms with Crippen molar-refractivity contribution in [3.05, 3.63) is 23.9 Å². The van der Waals surface area contributed by atoms with E-state index in [-0.39, 0.29) is 0 Å². The molecular formula is C12H18N2O3. The molecule has 0 saturated carbocycles.